The van der Waals surface area contributed by atoms with Crippen LogP contribution in [0, 0.1) is 5.82 Å². The van der Waals surface area contributed by atoms with Gasteiger partial charge in [-0.15, -0.1) is 0 Å². The van der Waals surface area contributed by atoms with Gasteiger partial charge in [-0.1, -0.05) is 35.9 Å². The predicted octanol–water partition coefficient (Wildman–Crippen LogP) is 5.65. The molecule has 4 rings (SSSR count). The molecule has 28 heavy (non-hydrogen) atoms. The summed E-state index contributed by atoms with van der Waals surface area (Å²) in [5.41, 5.74) is 2.67. The lowest BCUT2D eigenvalue weighted by molar-refractivity contribution is 0.0975. The van der Waals surface area contributed by atoms with Gasteiger partial charge in [0.2, 0.25) is 0 Å². The largest absolute Gasteiger partial charge is 0.494 e. The molecule has 0 spiro atoms. The smallest absolute Gasteiger partial charge is 0.262 e. The highest BCUT2D eigenvalue weighted by atomic mass is 35.5. The molecule has 0 saturated carbocycles. The van der Waals surface area contributed by atoms with Crippen molar-refractivity contribution in [2.75, 3.05) is 16.8 Å². The maximum Gasteiger partial charge on any atom is 0.262 e. The second kappa shape index (κ2) is 7.52. The number of amides is 1. The molecule has 1 N–H and O–H groups in total. The molecule has 0 aromatic heterocycles. The average Bonchev–Trinajstić information content (AvgIpc) is 2.71. The van der Waals surface area contributed by atoms with Crippen molar-refractivity contribution in [2.45, 2.75) is 13.1 Å². The van der Waals surface area contributed by atoms with Crippen LogP contribution in [0.3, 0.4) is 0 Å². The van der Waals surface area contributed by atoms with Crippen LogP contribution < -0.4 is 15.0 Å². The summed E-state index contributed by atoms with van der Waals surface area (Å²) in [6, 6.07) is 19.1. The van der Waals surface area contributed by atoms with E-state index in [9.17, 15) is 9.18 Å². The number of halogens is 2. The summed E-state index contributed by atoms with van der Waals surface area (Å²) in [5.74, 6) is 0.0434. The highest BCUT2D eigenvalue weighted by molar-refractivity contribution is 6.31. The Kier molecular flexibility index (Phi) is 4.92. The topological polar surface area (TPSA) is 41.6 Å². The van der Waals surface area contributed by atoms with E-state index < -0.39 is 12.0 Å². The van der Waals surface area contributed by atoms with Gasteiger partial charge in [0.25, 0.3) is 5.91 Å². The fraction of sp³-hybridized carbons (Fsp3) is 0.136. The molecule has 3 aromatic rings. The summed E-state index contributed by atoms with van der Waals surface area (Å²) in [7, 11) is 0. The second-order valence-electron chi connectivity index (χ2n) is 6.37. The molecule has 1 aliphatic heterocycles. The molecule has 3 aromatic carbocycles. The Morgan fingerprint density at radius 3 is 2.57 bits per heavy atom. The zero-order valence-electron chi connectivity index (χ0n) is 15.2. The molecule has 1 aliphatic rings. The molecule has 4 nitrogen and oxygen atoms in total. The summed E-state index contributed by atoms with van der Waals surface area (Å²) < 4.78 is 19.2. The number of nitrogens with one attached hydrogen (secondary N) is 1. The maximum atomic E-state index is 13.7. The first-order chi connectivity index (χ1) is 13.6. The first kappa shape index (κ1) is 18.3. The number of carbonyl (C=O) groups is 1. The molecule has 1 unspecified atom stereocenters. The van der Waals surface area contributed by atoms with Crippen molar-refractivity contribution >= 4 is 28.9 Å². The van der Waals surface area contributed by atoms with Gasteiger partial charge >= 0.3 is 0 Å². The third kappa shape index (κ3) is 3.29. The van der Waals surface area contributed by atoms with Crippen LogP contribution in [0.15, 0.2) is 66.7 Å². The van der Waals surface area contributed by atoms with Crippen LogP contribution in [0.1, 0.15) is 29.0 Å². The van der Waals surface area contributed by atoms with E-state index >= 15 is 0 Å². The normalized spacial score (nSPS) is 15.8. The highest BCUT2D eigenvalue weighted by Crippen LogP contribution is 2.38. The van der Waals surface area contributed by atoms with Crippen molar-refractivity contribution < 1.29 is 13.9 Å². The summed E-state index contributed by atoms with van der Waals surface area (Å²) in [5, 5.41) is 3.37. The second-order valence-corrected chi connectivity index (χ2v) is 6.78. The quantitative estimate of drug-likeness (QED) is 0.619. The van der Waals surface area contributed by atoms with Gasteiger partial charge in [-0.3, -0.25) is 9.69 Å². The van der Waals surface area contributed by atoms with E-state index in [0.717, 1.165) is 17.0 Å². The van der Waals surface area contributed by atoms with E-state index in [1.165, 1.54) is 12.1 Å². The lowest BCUT2D eigenvalue weighted by Crippen LogP contribution is -2.43. The molecule has 0 fully saturated rings. The molecule has 0 aliphatic carbocycles. The number of carbonyl (C=O) groups excluding carboxylic acids is 1. The maximum absolute atomic E-state index is 13.7. The van der Waals surface area contributed by atoms with E-state index in [4.69, 9.17) is 16.3 Å². The third-order valence-electron chi connectivity index (χ3n) is 4.61. The van der Waals surface area contributed by atoms with E-state index in [0.29, 0.717) is 17.9 Å². The Bertz CT molecular complexity index is 1020. The highest BCUT2D eigenvalue weighted by Gasteiger charge is 2.34. The van der Waals surface area contributed by atoms with Crippen molar-refractivity contribution in [1.82, 2.24) is 0 Å². The third-order valence-corrected chi connectivity index (χ3v) is 4.90. The zero-order valence-corrected chi connectivity index (χ0v) is 15.9. The first-order valence-corrected chi connectivity index (χ1v) is 9.33. The summed E-state index contributed by atoms with van der Waals surface area (Å²) in [6.45, 7) is 2.50. The molecule has 0 radical (unpaired) electrons. The predicted molar refractivity (Wildman–Crippen MR) is 109 cm³/mol. The lowest BCUT2D eigenvalue weighted by Gasteiger charge is -2.38. The van der Waals surface area contributed by atoms with Gasteiger partial charge in [-0.25, -0.2) is 4.39 Å². The lowest BCUT2D eigenvalue weighted by atomic mass is 10.0. The van der Waals surface area contributed by atoms with Gasteiger partial charge in [0, 0.05) is 11.4 Å². The molecular weight excluding hydrogens is 379 g/mol. The number of ether oxygens (including phenoxy) is 1. The van der Waals surface area contributed by atoms with E-state index in [1.807, 2.05) is 49.4 Å². The Morgan fingerprint density at radius 2 is 1.86 bits per heavy atom. The Hall–Kier alpha value is -3.05. The fourth-order valence-electron chi connectivity index (χ4n) is 3.30. The molecule has 1 amide bonds. The van der Waals surface area contributed by atoms with Crippen LogP contribution in [-0.2, 0) is 0 Å². The van der Waals surface area contributed by atoms with Crippen molar-refractivity contribution in [3.05, 3.63) is 88.7 Å². The van der Waals surface area contributed by atoms with Crippen molar-refractivity contribution in [2.24, 2.45) is 0 Å². The fourth-order valence-corrected chi connectivity index (χ4v) is 3.48. The molecule has 0 saturated heterocycles. The standard InChI is InChI=1S/C22H18ClFN2O2/c1-2-28-16-10-7-14(8-11-16)21-25-20-6-4-3-5-17(20)22(27)26(21)15-9-12-19(24)18(23)13-15/h3-13,21,25H,2H2,1H3. The van der Waals surface area contributed by atoms with Crippen LogP contribution in [0.25, 0.3) is 0 Å². The van der Waals surface area contributed by atoms with Crippen LogP contribution in [0.5, 0.6) is 5.75 Å². The van der Waals surface area contributed by atoms with Crippen molar-refractivity contribution in [3.63, 3.8) is 0 Å². The summed E-state index contributed by atoms with van der Waals surface area (Å²) in [4.78, 5) is 14.9. The molecule has 0 bridgehead atoms. The monoisotopic (exact) mass is 396 g/mol. The number of anilines is 2. The minimum absolute atomic E-state index is 0.0328. The molecule has 142 valence electrons. The van der Waals surface area contributed by atoms with Crippen LogP contribution >= 0.6 is 11.6 Å². The number of nitrogens with zero attached hydrogens (tertiary/aromatic N) is 1. The average molecular weight is 397 g/mol. The number of para-hydroxylation sites is 1. The summed E-state index contributed by atoms with van der Waals surface area (Å²) in [6.07, 6.45) is -0.473. The number of rotatable bonds is 4. The van der Waals surface area contributed by atoms with Gasteiger partial charge in [0.05, 0.1) is 17.2 Å². The van der Waals surface area contributed by atoms with Gasteiger partial charge in [-0.2, -0.15) is 0 Å². The number of hydrogen-bond donors (Lipinski definition) is 1. The molecule has 1 atom stereocenters. The minimum Gasteiger partial charge on any atom is -0.494 e. The van der Waals surface area contributed by atoms with Crippen LogP contribution in [0.2, 0.25) is 5.02 Å². The number of fused-ring (bicyclic) bond motifs is 1. The van der Waals surface area contributed by atoms with Crippen LogP contribution in [0.4, 0.5) is 15.8 Å². The van der Waals surface area contributed by atoms with Gasteiger partial charge in [0.15, 0.2) is 0 Å². The van der Waals surface area contributed by atoms with Gasteiger partial charge < -0.3 is 10.1 Å². The van der Waals surface area contributed by atoms with Gasteiger partial charge in [0.1, 0.15) is 17.7 Å². The van der Waals surface area contributed by atoms with Crippen LogP contribution in [-0.4, -0.2) is 12.5 Å². The number of hydrogen-bond acceptors (Lipinski definition) is 3. The Balaban J connectivity index is 1.81. The van der Waals surface area contributed by atoms with Gasteiger partial charge in [-0.05, 0) is 55.0 Å². The molecular formula is C22H18ClFN2O2. The van der Waals surface area contributed by atoms with E-state index in [-0.39, 0.29) is 10.9 Å². The Labute approximate surface area is 167 Å². The zero-order chi connectivity index (χ0) is 19.7. The van der Waals surface area contributed by atoms with E-state index in [1.54, 1.807) is 17.0 Å². The summed E-state index contributed by atoms with van der Waals surface area (Å²) >= 11 is 5.98. The molecule has 6 heteroatoms. The Morgan fingerprint density at radius 1 is 1.11 bits per heavy atom. The van der Waals surface area contributed by atoms with Crippen molar-refractivity contribution in [3.8, 4) is 5.75 Å². The number of benzene rings is 3. The SMILES string of the molecule is CCOc1ccc(C2Nc3ccccc3C(=O)N2c2ccc(F)c(Cl)c2)cc1. The first-order valence-electron chi connectivity index (χ1n) is 8.95. The van der Waals surface area contributed by atoms with E-state index in [2.05, 4.69) is 5.32 Å². The molecule has 1 heterocycles. The van der Waals surface area contributed by atoms with Crippen molar-refractivity contribution in [1.29, 1.82) is 0 Å². The minimum atomic E-state index is -0.527.